The van der Waals surface area contributed by atoms with Gasteiger partial charge in [0, 0.05) is 12.8 Å². The lowest BCUT2D eigenvalue weighted by atomic mass is 9.46. The van der Waals surface area contributed by atoms with Crippen LogP contribution in [0.15, 0.2) is 46.6 Å². The van der Waals surface area contributed by atoms with E-state index in [1.54, 1.807) is 23.6 Å². The molecule has 5 heteroatoms. The summed E-state index contributed by atoms with van der Waals surface area (Å²) < 4.78 is 4.77. The summed E-state index contributed by atoms with van der Waals surface area (Å²) in [7, 11) is 2.07. The van der Waals surface area contributed by atoms with Gasteiger partial charge in [-0.1, -0.05) is 95.1 Å². The van der Waals surface area contributed by atoms with Gasteiger partial charge in [0.25, 0.3) is 0 Å². The molecule has 0 bridgehead atoms. The second kappa shape index (κ2) is 15.9. The van der Waals surface area contributed by atoms with Crippen LogP contribution in [0.25, 0.3) is 0 Å². The van der Waals surface area contributed by atoms with Gasteiger partial charge in [0.05, 0.1) is 15.6 Å². The number of aliphatic hydroxyl groups is 1. The molecular formula is C50H77O4P. The highest BCUT2D eigenvalue weighted by Crippen LogP contribution is 2.67. The first kappa shape index (κ1) is 41.6. The summed E-state index contributed by atoms with van der Waals surface area (Å²) >= 11 is 0. The van der Waals surface area contributed by atoms with Crippen LogP contribution in [0.5, 0.6) is 0 Å². The normalized spacial score (nSPS) is 43.8. The van der Waals surface area contributed by atoms with Crippen LogP contribution >= 0.6 is 9.47 Å². The van der Waals surface area contributed by atoms with Crippen LogP contribution in [0, 0.1) is 74.9 Å². The number of hydrogen-bond acceptors (Lipinski definition) is 4. The van der Waals surface area contributed by atoms with Crippen molar-refractivity contribution in [1.29, 1.82) is 0 Å². The van der Waals surface area contributed by atoms with Gasteiger partial charge in [-0.15, -0.1) is 0 Å². The van der Waals surface area contributed by atoms with E-state index in [4.69, 9.17) is 4.52 Å². The number of hydrogen-bond donors (Lipinski definition) is 1. The average molecular weight is 773 g/mol. The zero-order valence-electron chi connectivity index (χ0n) is 36.1. The number of carbonyl (C=O) groups excluding carboxylic acids is 2. The van der Waals surface area contributed by atoms with E-state index in [1.807, 2.05) is 5.57 Å². The molecule has 0 heterocycles. The molecule has 1 N–H and O–H groups in total. The number of carbonyl (C=O) groups is 2. The lowest BCUT2D eigenvalue weighted by Gasteiger charge is -2.58. The van der Waals surface area contributed by atoms with Gasteiger partial charge in [-0.2, -0.15) is 0 Å². The van der Waals surface area contributed by atoms with E-state index in [-0.39, 0.29) is 12.1 Å². The van der Waals surface area contributed by atoms with Crippen molar-refractivity contribution >= 4 is 21.2 Å². The van der Waals surface area contributed by atoms with Crippen LogP contribution in [-0.2, 0) is 14.1 Å². The zero-order valence-corrected chi connectivity index (χ0v) is 37.2. The Hall–Kier alpha value is -1.51. The maximum Gasteiger partial charge on any atom is 0.307 e. The van der Waals surface area contributed by atoms with Crippen LogP contribution in [0.4, 0.5) is 0 Å². The van der Waals surface area contributed by atoms with E-state index in [2.05, 4.69) is 82.2 Å². The zero-order chi connectivity index (χ0) is 39.5. The third kappa shape index (κ3) is 7.40. The molecular weight excluding hydrogens is 696 g/mol. The number of Topliss-reactive ketones (excluding diaryl/α,β-unsaturated/α-hetero) is 1. The number of allylic oxidation sites excluding steroid dienone is 7. The Morgan fingerprint density at radius 2 is 1.16 bits per heavy atom. The summed E-state index contributed by atoms with van der Waals surface area (Å²) in [4.78, 5) is 23.1. The summed E-state index contributed by atoms with van der Waals surface area (Å²) in [6, 6.07) is 0. The van der Waals surface area contributed by atoms with E-state index in [0.717, 1.165) is 80.0 Å². The van der Waals surface area contributed by atoms with Gasteiger partial charge in [0.2, 0.25) is 0 Å². The van der Waals surface area contributed by atoms with E-state index < -0.39 is 0 Å². The number of rotatable bonds is 8. The summed E-state index contributed by atoms with van der Waals surface area (Å²) in [5.74, 6) is 7.01. The van der Waals surface area contributed by atoms with Crippen LogP contribution in [0.1, 0.15) is 171 Å². The Labute approximate surface area is 337 Å². The first-order valence-electron chi connectivity index (χ1n) is 22.9. The largest absolute Gasteiger partial charge is 0.452 e. The lowest BCUT2D eigenvalue weighted by molar-refractivity contribution is -0.133. The van der Waals surface area contributed by atoms with Crippen molar-refractivity contribution in [3.05, 3.63) is 46.6 Å². The van der Waals surface area contributed by atoms with Crippen molar-refractivity contribution in [2.75, 3.05) is 0 Å². The molecule has 15 atom stereocenters. The van der Waals surface area contributed by atoms with E-state index in [0.29, 0.717) is 45.7 Å². The fraction of sp³-hybridized carbons (Fsp3) is 0.800. The van der Waals surface area contributed by atoms with Gasteiger partial charge in [0.15, 0.2) is 0 Å². The van der Waals surface area contributed by atoms with Gasteiger partial charge in [0.1, 0.15) is 5.78 Å². The molecule has 0 radical (unpaired) electrons. The molecule has 4 nitrogen and oxygen atoms in total. The van der Waals surface area contributed by atoms with Gasteiger partial charge in [-0.3, -0.25) is 4.79 Å². The molecule has 0 aromatic rings. The van der Waals surface area contributed by atoms with Crippen LogP contribution in [0.2, 0.25) is 0 Å². The van der Waals surface area contributed by atoms with Gasteiger partial charge >= 0.3 is 5.97 Å². The fourth-order valence-corrected chi connectivity index (χ4v) is 15.5. The average Bonchev–Trinajstić information content (AvgIpc) is 3.70. The molecule has 4 saturated carbocycles. The van der Waals surface area contributed by atoms with Crippen LogP contribution in [-0.4, -0.2) is 23.0 Å². The molecule has 8 aliphatic rings. The fourth-order valence-electron chi connectivity index (χ4n) is 15.3. The van der Waals surface area contributed by atoms with E-state index in [9.17, 15) is 14.7 Å². The monoisotopic (exact) mass is 773 g/mol. The summed E-state index contributed by atoms with van der Waals surface area (Å²) in [6.07, 6.45) is 30.9. The maximum absolute atomic E-state index is 11.6. The van der Waals surface area contributed by atoms with Gasteiger partial charge in [-0.25, -0.2) is 0 Å². The summed E-state index contributed by atoms with van der Waals surface area (Å²) in [5.41, 5.74) is 8.14. The highest BCUT2D eigenvalue weighted by Gasteiger charge is 2.58. The molecule has 4 fully saturated rings. The predicted octanol–water partition coefficient (Wildman–Crippen LogP) is 12.7. The Balaban J connectivity index is 0.000000169. The molecule has 8 rings (SSSR count). The maximum atomic E-state index is 11.6. The summed E-state index contributed by atoms with van der Waals surface area (Å²) in [5, 5.41) is 10.2. The Morgan fingerprint density at radius 1 is 0.691 bits per heavy atom. The quantitative estimate of drug-likeness (QED) is 0.197. The Bertz CT molecular complexity index is 1600. The van der Waals surface area contributed by atoms with E-state index >= 15 is 0 Å². The topological polar surface area (TPSA) is 63.6 Å². The second-order valence-electron chi connectivity index (χ2n) is 21.5. The van der Waals surface area contributed by atoms with Crippen molar-refractivity contribution in [1.82, 2.24) is 0 Å². The Morgan fingerprint density at radius 3 is 1.67 bits per heavy atom. The van der Waals surface area contributed by atoms with Crippen molar-refractivity contribution in [2.45, 2.75) is 177 Å². The highest BCUT2D eigenvalue weighted by atomic mass is 31.0. The lowest BCUT2D eigenvalue weighted by Crippen LogP contribution is -2.50. The van der Waals surface area contributed by atoms with Crippen molar-refractivity contribution in [3.8, 4) is 0 Å². The standard InChI is InChI=1S/C26H40O.C24H37O3P/c1-17-12-14-25(4)20(16-17)8-9-21-23-11-10-22(18(2)6-7-19(3)27)26(23,5)15-13-24(21)25;1-15(4-9-22(26)27-28)19-7-8-20-18-6-5-16-14-17(25)10-12-23(16,2)21(18)11-13-24(19,20)3/h8,10,17-18,21,23-24H,6-7,9,11-16H2,1-5H3;5,7,15,17-18,20-21,25H,4,6,8-14,28H2,1-3H3/t17-,18-,21?,23?,24?,25+,26-;15-,17+,18?,20?,21?,23+,24-/m11/s1. The number of fused-ring (bicyclic) bond motifs is 10. The molecule has 7 unspecified atom stereocenters. The molecule has 0 saturated heterocycles. The van der Waals surface area contributed by atoms with Crippen molar-refractivity contribution in [2.24, 2.45) is 74.9 Å². The number of aliphatic hydroxyl groups excluding tert-OH is 1. The minimum Gasteiger partial charge on any atom is -0.452 e. The molecule has 0 aromatic carbocycles. The van der Waals surface area contributed by atoms with Crippen molar-refractivity contribution < 1.29 is 19.2 Å². The smallest absolute Gasteiger partial charge is 0.307 e. The summed E-state index contributed by atoms with van der Waals surface area (Å²) in [6.45, 7) is 19.0. The first-order valence-corrected chi connectivity index (χ1v) is 23.4. The van der Waals surface area contributed by atoms with E-state index in [1.165, 1.54) is 70.6 Å². The first-order chi connectivity index (χ1) is 26.0. The number of ketones is 1. The minimum absolute atomic E-state index is 0.126. The van der Waals surface area contributed by atoms with Gasteiger partial charge in [-0.05, 0) is 185 Å². The highest BCUT2D eigenvalue weighted by molar-refractivity contribution is 7.10. The molecule has 0 spiro atoms. The van der Waals surface area contributed by atoms with Crippen LogP contribution < -0.4 is 0 Å². The molecule has 55 heavy (non-hydrogen) atoms. The molecule has 306 valence electrons. The molecule has 0 amide bonds. The Kier molecular flexibility index (Phi) is 12.1. The van der Waals surface area contributed by atoms with Crippen molar-refractivity contribution in [3.63, 3.8) is 0 Å². The third-order valence-electron chi connectivity index (χ3n) is 18.6. The second-order valence-corrected chi connectivity index (χ2v) is 21.8. The SMILES string of the molecule is CC(=O)CC[C@@H](C)C1=CCC2C3CC=C4C[C@H](C)CC[C@]4(C)C3CC[C@]12C.C[C@H](CCC(=O)OP)C1=CCC2C3CC=C4C[C@@H](O)CC[C@]4(C)C3CC[C@]12C. The third-order valence-corrected chi connectivity index (χ3v) is 18.9. The molecule has 8 aliphatic carbocycles. The molecule has 0 aliphatic heterocycles. The predicted molar refractivity (Wildman–Crippen MR) is 229 cm³/mol. The van der Waals surface area contributed by atoms with Crippen LogP contribution in [0.3, 0.4) is 0 Å². The van der Waals surface area contributed by atoms with Gasteiger partial charge < -0.3 is 14.4 Å². The molecule has 0 aromatic heterocycles. The minimum atomic E-state index is -0.127.